The van der Waals surface area contributed by atoms with Gasteiger partial charge in [0.05, 0.1) is 18.7 Å². The number of oxazole rings is 1. The fourth-order valence-electron chi connectivity index (χ4n) is 4.14. The van der Waals surface area contributed by atoms with Crippen LogP contribution < -0.4 is 4.74 Å². The van der Waals surface area contributed by atoms with E-state index in [4.69, 9.17) is 14.3 Å². The van der Waals surface area contributed by atoms with Crippen molar-refractivity contribution in [1.82, 2.24) is 4.98 Å². The van der Waals surface area contributed by atoms with E-state index in [1.807, 2.05) is 55.5 Å². The topological polar surface area (TPSA) is 72.6 Å². The number of nitrogens with zero attached hydrogens (tertiary/aromatic N) is 1. The van der Waals surface area contributed by atoms with Crippen molar-refractivity contribution in [2.45, 2.75) is 39.5 Å². The SMILES string of the molecule is Cc1oc(-c2ccccc2)nc1CCOc1cccc2c1CCC(C)/C2=C/CC(=O)O. The molecule has 0 bridgehead atoms. The van der Waals surface area contributed by atoms with Gasteiger partial charge in [-0.05, 0) is 55.0 Å². The maximum absolute atomic E-state index is 11.0. The monoisotopic (exact) mass is 417 g/mol. The minimum absolute atomic E-state index is 0.0411. The van der Waals surface area contributed by atoms with Gasteiger partial charge in [0.1, 0.15) is 11.5 Å². The van der Waals surface area contributed by atoms with E-state index in [1.165, 1.54) is 5.56 Å². The molecule has 0 spiro atoms. The van der Waals surface area contributed by atoms with Crippen molar-refractivity contribution in [3.05, 3.63) is 77.2 Å². The fourth-order valence-corrected chi connectivity index (χ4v) is 4.14. The van der Waals surface area contributed by atoms with Crippen LogP contribution in [0.5, 0.6) is 5.75 Å². The number of hydrogen-bond donors (Lipinski definition) is 1. The summed E-state index contributed by atoms with van der Waals surface area (Å²) in [7, 11) is 0. The third kappa shape index (κ3) is 4.71. The van der Waals surface area contributed by atoms with Crippen LogP contribution >= 0.6 is 0 Å². The number of rotatable bonds is 7. The van der Waals surface area contributed by atoms with Crippen LogP contribution in [0.4, 0.5) is 0 Å². The quantitative estimate of drug-likeness (QED) is 0.533. The van der Waals surface area contributed by atoms with Gasteiger partial charge in [0.2, 0.25) is 5.89 Å². The summed E-state index contributed by atoms with van der Waals surface area (Å²) in [6.45, 7) is 4.59. The molecule has 1 unspecified atom stereocenters. The number of aliphatic carboxylic acids is 1. The number of allylic oxidation sites excluding steroid dienone is 1. The van der Waals surface area contributed by atoms with Crippen molar-refractivity contribution in [2.75, 3.05) is 6.61 Å². The van der Waals surface area contributed by atoms with Crippen LogP contribution in [-0.2, 0) is 17.6 Å². The maximum Gasteiger partial charge on any atom is 0.307 e. The standard InChI is InChI=1S/C26H27NO4/c1-17-11-12-22-21(20(17)13-14-25(28)29)9-6-10-24(22)30-16-15-23-18(2)31-26(27-23)19-7-4-3-5-8-19/h3-10,13,17H,11-12,14-16H2,1-2H3,(H,28,29)/b20-13-. The molecule has 0 amide bonds. The van der Waals surface area contributed by atoms with Gasteiger partial charge < -0.3 is 14.3 Å². The van der Waals surface area contributed by atoms with Gasteiger partial charge in [0.25, 0.3) is 0 Å². The lowest BCUT2D eigenvalue weighted by molar-refractivity contribution is -0.136. The van der Waals surface area contributed by atoms with Crippen LogP contribution in [0.15, 0.2) is 59.0 Å². The lowest BCUT2D eigenvalue weighted by atomic mass is 9.79. The molecule has 160 valence electrons. The fraction of sp³-hybridized carbons (Fsp3) is 0.308. The van der Waals surface area contributed by atoms with Crippen molar-refractivity contribution in [3.63, 3.8) is 0 Å². The number of aromatic nitrogens is 1. The first-order valence-electron chi connectivity index (χ1n) is 10.7. The van der Waals surface area contributed by atoms with E-state index in [0.717, 1.165) is 46.7 Å². The second-order valence-corrected chi connectivity index (χ2v) is 7.97. The first-order valence-corrected chi connectivity index (χ1v) is 10.7. The highest BCUT2D eigenvalue weighted by Crippen LogP contribution is 2.39. The molecule has 1 heterocycles. The molecule has 5 nitrogen and oxygen atoms in total. The molecule has 0 saturated carbocycles. The normalized spacial score (nSPS) is 16.8. The van der Waals surface area contributed by atoms with Gasteiger partial charge in [-0.1, -0.05) is 43.3 Å². The Labute approximate surface area is 182 Å². The predicted molar refractivity (Wildman–Crippen MR) is 120 cm³/mol. The summed E-state index contributed by atoms with van der Waals surface area (Å²) in [5, 5.41) is 9.07. The Bertz CT molecular complexity index is 1100. The predicted octanol–water partition coefficient (Wildman–Crippen LogP) is 5.71. The molecule has 2 aromatic carbocycles. The number of carboxylic acid groups (broad SMARTS) is 1. The summed E-state index contributed by atoms with van der Waals surface area (Å²) in [4.78, 5) is 15.7. The molecule has 31 heavy (non-hydrogen) atoms. The van der Waals surface area contributed by atoms with Crippen LogP contribution in [0.1, 0.15) is 42.3 Å². The summed E-state index contributed by atoms with van der Waals surface area (Å²) < 4.78 is 12.0. The highest BCUT2D eigenvalue weighted by atomic mass is 16.5. The molecular weight excluding hydrogens is 390 g/mol. The van der Waals surface area contributed by atoms with E-state index in [0.29, 0.717) is 24.8 Å². The van der Waals surface area contributed by atoms with Crippen LogP contribution in [0.3, 0.4) is 0 Å². The average Bonchev–Trinajstić information content (AvgIpc) is 3.14. The second-order valence-electron chi connectivity index (χ2n) is 7.97. The number of ether oxygens (including phenoxy) is 1. The molecule has 1 N–H and O–H groups in total. The zero-order chi connectivity index (χ0) is 21.8. The summed E-state index contributed by atoms with van der Waals surface area (Å²) in [5.41, 5.74) is 5.25. The smallest absolute Gasteiger partial charge is 0.307 e. The zero-order valence-electron chi connectivity index (χ0n) is 17.9. The Morgan fingerprint density at radius 1 is 1.23 bits per heavy atom. The third-order valence-corrected chi connectivity index (χ3v) is 5.81. The molecule has 5 heteroatoms. The van der Waals surface area contributed by atoms with E-state index in [-0.39, 0.29) is 6.42 Å². The van der Waals surface area contributed by atoms with Crippen molar-refractivity contribution in [3.8, 4) is 17.2 Å². The molecule has 1 atom stereocenters. The minimum Gasteiger partial charge on any atom is -0.493 e. The van der Waals surface area contributed by atoms with E-state index in [1.54, 1.807) is 0 Å². The Kier molecular flexibility index (Phi) is 6.21. The number of aryl methyl sites for hydroxylation is 1. The van der Waals surface area contributed by atoms with E-state index < -0.39 is 5.97 Å². The third-order valence-electron chi connectivity index (χ3n) is 5.81. The van der Waals surface area contributed by atoms with Gasteiger partial charge in [-0.15, -0.1) is 0 Å². The Balaban J connectivity index is 1.48. The first kappa shape index (κ1) is 20.9. The Morgan fingerprint density at radius 3 is 2.81 bits per heavy atom. The number of carbonyl (C=O) groups is 1. The molecule has 0 radical (unpaired) electrons. The second kappa shape index (κ2) is 9.21. The number of fused-ring (bicyclic) bond motifs is 1. The first-order chi connectivity index (χ1) is 15.0. The summed E-state index contributed by atoms with van der Waals surface area (Å²) in [6, 6.07) is 15.9. The van der Waals surface area contributed by atoms with E-state index >= 15 is 0 Å². The van der Waals surface area contributed by atoms with Gasteiger partial charge in [-0.3, -0.25) is 4.79 Å². The van der Waals surface area contributed by atoms with Gasteiger partial charge in [0, 0.05) is 17.5 Å². The van der Waals surface area contributed by atoms with Crippen LogP contribution in [0.25, 0.3) is 17.0 Å². The summed E-state index contributed by atoms with van der Waals surface area (Å²) in [5.74, 6) is 1.85. The molecule has 0 fully saturated rings. The molecular formula is C26H27NO4. The van der Waals surface area contributed by atoms with Crippen LogP contribution in [0, 0.1) is 12.8 Å². The highest BCUT2D eigenvalue weighted by Gasteiger charge is 2.23. The van der Waals surface area contributed by atoms with Crippen molar-refractivity contribution in [1.29, 1.82) is 0 Å². The average molecular weight is 418 g/mol. The van der Waals surface area contributed by atoms with Gasteiger partial charge in [-0.2, -0.15) is 0 Å². The van der Waals surface area contributed by atoms with Gasteiger partial charge >= 0.3 is 5.97 Å². The summed E-state index contributed by atoms with van der Waals surface area (Å²) >= 11 is 0. The highest BCUT2D eigenvalue weighted by molar-refractivity contribution is 5.77. The maximum atomic E-state index is 11.0. The molecule has 1 aliphatic rings. The lowest BCUT2D eigenvalue weighted by Crippen LogP contribution is -2.13. The molecule has 3 aromatic rings. The van der Waals surface area contributed by atoms with Crippen molar-refractivity contribution >= 4 is 11.5 Å². The molecule has 0 saturated heterocycles. The largest absolute Gasteiger partial charge is 0.493 e. The number of hydrogen-bond acceptors (Lipinski definition) is 4. The Hall–Kier alpha value is -3.34. The number of benzene rings is 2. The Morgan fingerprint density at radius 2 is 2.03 bits per heavy atom. The molecule has 1 aromatic heterocycles. The molecule has 1 aliphatic carbocycles. The summed E-state index contributed by atoms with van der Waals surface area (Å²) in [6.07, 6.45) is 4.46. The van der Waals surface area contributed by atoms with Crippen LogP contribution in [-0.4, -0.2) is 22.7 Å². The van der Waals surface area contributed by atoms with Crippen LogP contribution in [0.2, 0.25) is 0 Å². The number of carboxylic acids is 1. The molecule has 0 aliphatic heterocycles. The zero-order valence-corrected chi connectivity index (χ0v) is 17.9. The van der Waals surface area contributed by atoms with Crippen molar-refractivity contribution < 1.29 is 19.1 Å². The van der Waals surface area contributed by atoms with Gasteiger partial charge in [-0.25, -0.2) is 4.98 Å². The minimum atomic E-state index is -0.808. The molecule has 4 rings (SSSR count). The van der Waals surface area contributed by atoms with E-state index in [9.17, 15) is 4.79 Å². The van der Waals surface area contributed by atoms with Gasteiger partial charge in [0.15, 0.2) is 0 Å². The van der Waals surface area contributed by atoms with Crippen molar-refractivity contribution in [2.24, 2.45) is 5.92 Å². The van der Waals surface area contributed by atoms with E-state index in [2.05, 4.69) is 18.0 Å². The lowest BCUT2D eigenvalue weighted by Gasteiger charge is -2.27.